The molecule has 7 heteroatoms. The summed E-state index contributed by atoms with van der Waals surface area (Å²) in [6.07, 6.45) is 1.01. The molecular weight excluding hydrogens is 354 g/mol. The molecule has 0 aliphatic carbocycles. The van der Waals surface area contributed by atoms with Crippen LogP contribution in [-0.2, 0) is 6.54 Å². The van der Waals surface area contributed by atoms with Gasteiger partial charge in [0, 0.05) is 30.6 Å². The molecular formula is C21H25N5O2. The van der Waals surface area contributed by atoms with Crippen molar-refractivity contribution in [3.63, 3.8) is 0 Å². The highest BCUT2D eigenvalue weighted by molar-refractivity contribution is 6.00. The van der Waals surface area contributed by atoms with Gasteiger partial charge in [0.05, 0.1) is 12.4 Å². The Hall–Kier alpha value is -3.35. The number of amides is 1. The minimum atomic E-state index is -0.212. The van der Waals surface area contributed by atoms with E-state index in [-0.39, 0.29) is 17.8 Å². The van der Waals surface area contributed by atoms with E-state index in [1.165, 1.54) is 0 Å². The summed E-state index contributed by atoms with van der Waals surface area (Å²) in [5.41, 5.74) is 7.43. The van der Waals surface area contributed by atoms with Crippen LogP contribution in [0.25, 0.3) is 0 Å². The molecule has 1 amide bonds. The second-order valence-corrected chi connectivity index (χ2v) is 6.88. The summed E-state index contributed by atoms with van der Waals surface area (Å²) in [5.74, 6) is 1.09. The Morgan fingerprint density at radius 3 is 2.57 bits per heavy atom. The van der Waals surface area contributed by atoms with E-state index in [9.17, 15) is 4.79 Å². The average molecular weight is 379 g/mol. The molecule has 2 aromatic carbocycles. The van der Waals surface area contributed by atoms with E-state index in [0.717, 1.165) is 30.8 Å². The number of nitrogens with two attached hydrogens (primary N) is 1. The first-order valence-electron chi connectivity index (χ1n) is 9.21. The van der Waals surface area contributed by atoms with Crippen molar-refractivity contribution in [1.29, 1.82) is 10.8 Å². The maximum absolute atomic E-state index is 12.3. The molecule has 1 atom stereocenters. The molecule has 0 radical (unpaired) electrons. The van der Waals surface area contributed by atoms with E-state index in [1.54, 1.807) is 31.2 Å². The molecule has 0 bridgehead atoms. The van der Waals surface area contributed by atoms with Crippen molar-refractivity contribution in [1.82, 2.24) is 10.2 Å². The summed E-state index contributed by atoms with van der Waals surface area (Å²) in [7, 11) is 0. The molecule has 1 aliphatic heterocycles. The van der Waals surface area contributed by atoms with Gasteiger partial charge < -0.3 is 20.7 Å². The van der Waals surface area contributed by atoms with Gasteiger partial charge in [-0.2, -0.15) is 0 Å². The van der Waals surface area contributed by atoms with Crippen LogP contribution in [-0.4, -0.2) is 41.7 Å². The van der Waals surface area contributed by atoms with Gasteiger partial charge in [-0.05, 0) is 36.8 Å². The molecule has 146 valence electrons. The molecule has 2 aromatic rings. The Balaban J connectivity index is 1.52. The number of carbonyl (C=O) groups excluding carboxylic acids is 1. The predicted octanol–water partition coefficient (Wildman–Crippen LogP) is 2.35. The van der Waals surface area contributed by atoms with Crippen LogP contribution in [0.2, 0.25) is 0 Å². The van der Waals surface area contributed by atoms with Crippen molar-refractivity contribution in [2.45, 2.75) is 26.0 Å². The van der Waals surface area contributed by atoms with E-state index in [1.807, 2.05) is 29.2 Å². The molecule has 1 heterocycles. The molecule has 7 nitrogen and oxygen atoms in total. The summed E-state index contributed by atoms with van der Waals surface area (Å²) >= 11 is 0. The highest BCUT2D eigenvalue weighted by Gasteiger charge is 2.24. The third kappa shape index (κ3) is 4.88. The molecule has 1 unspecified atom stereocenters. The average Bonchev–Trinajstić information content (AvgIpc) is 3.16. The second-order valence-electron chi connectivity index (χ2n) is 6.88. The molecule has 1 fully saturated rings. The minimum absolute atomic E-state index is 0.0635. The molecule has 5 N–H and O–H groups in total. The van der Waals surface area contributed by atoms with Crippen LogP contribution in [0.3, 0.4) is 0 Å². The molecule has 1 saturated heterocycles. The first kappa shape index (κ1) is 19.4. The smallest absolute Gasteiger partial charge is 0.251 e. The van der Waals surface area contributed by atoms with Crippen LogP contribution in [0, 0.1) is 10.8 Å². The second kappa shape index (κ2) is 8.56. The molecule has 0 aromatic heterocycles. The van der Waals surface area contributed by atoms with Gasteiger partial charge in [0.2, 0.25) is 0 Å². The van der Waals surface area contributed by atoms with E-state index >= 15 is 0 Å². The van der Waals surface area contributed by atoms with Crippen LogP contribution in [0.4, 0.5) is 0 Å². The summed E-state index contributed by atoms with van der Waals surface area (Å²) < 4.78 is 5.98. The fraction of sp³-hybridized carbons (Fsp3) is 0.286. The number of amidine groups is 2. The normalized spacial score (nSPS) is 15.9. The highest BCUT2D eigenvalue weighted by atomic mass is 16.5. The van der Waals surface area contributed by atoms with E-state index in [0.29, 0.717) is 23.5 Å². The number of hydrogen-bond donors (Lipinski definition) is 4. The third-order valence-electron chi connectivity index (χ3n) is 4.73. The SMILES string of the molecule is CC(=N)N1CCC(Oc2ccc(CNC(=O)c3cccc(C(=N)N)c3)cc2)C1. The van der Waals surface area contributed by atoms with Crippen LogP contribution >= 0.6 is 0 Å². The van der Waals surface area contributed by atoms with Crippen LogP contribution in [0.5, 0.6) is 5.75 Å². The first-order chi connectivity index (χ1) is 13.4. The number of nitrogens with one attached hydrogen (secondary N) is 3. The van der Waals surface area contributed by atoms with Gasteiger partial charge in [-0.15, -0.1) is 0 Å². The first-order valence-corrected chi connectivity index (χ1v) is 9.21. The topological polar surface area (TPSA) is 115 Å². The zero-order chi connectivity index (χ0) is 20.1. The molecule has 28 heavy (non-hydrogen) atoms. The lowest BCUT2D eigenvalue weighted by atomic mass is 10.1. The summed E-state index contributed by atoms with van der Waals surface area (Å²) in [4.78, 5) is 14.3. The molecule has 0 saturated carbocycles. The van der Waals surface area contributed by atoms with Gasteiger partial charge in [-0.1, -0.05) is 24.3 Å². The Kier molecular flexibility index (Phi) is 5.93. The van der Waals surface area contributed by atoms with Crippen molar-refractivity contribution in [3.05, 3.63) is 65.2 Å². The Labute approximate surface area is 164 Å². The Morgan fingerprint density at radius 1 is 1.21 bits per heavy atom. The van der Waals surface area contributed by atoms with Gasteiger partial charge in [-0.25, -0.2) is 0 Å². The number of rotatable bonds is 6. The zero-order valence-corrected chi connectivity index (χ0v) is 15.9. The predicted molar refractivity (Wildman–Crippen MR) is 109 cm³/mol. The van der Waals surface area contributed by atoms with E-state index < -0.39 is 0 Å². The zero-order valence-electron chi connectivity index (χ0n) is 15.9. The van der Waals surface area contributed by atoms with Crippen molar-refractivity contribution in [3.8, 4) is 5.75 Å². The van der Waals surface area contributed by atoms with Crippen LogP contribution in [0.15, 0.2) is 48.5 Å². The van der Waals surface area contributed by atoms with Crippen molar-refractivity contribution in [2.75, 3.05) is 13.1 Å². The van der Waals surface area contributed by atoms with E-state index in [2.05, 4.69) is 5.32 Å². The largest absolute Gasteiger partial charge is 0.489 e. The van der Waals surface area contributed by atoms with Gasteiger partial charge in [-0.3, -0.25) is 15.6 Å². The van der Waals surface area contributed by atoms with Crippen molar-refractivity contribution < 1.29 is 9.53 Å². The van der Waals surface area contributed by atoms with Crippen molar-refractivity contribution >= 4 is 17.6 Å². The highest BCUT2D eigenvalue weighted by Crippen LogP contribution is 2.19. The van der Waals surface area contributed by atoms with Gasteiger partial charge >= 0.3 is 0 Å². The number of nitrogens with zero attached hydrogens (tertiary/aromatic N) is 1. The van der Waals surface area contributed by atoms with Gasteiger partial charge in [0.15, 0.2) is 0 Å². The fourth-order valence-electron chi connectivity index (χ4n) is 3.12. The third-order valence-corrected chi connectivity index (χ3v) is 4.73. The van der Waals surface area contributed by atoms with Crippen molar-refractivity contribution in [2.24, 2.45) is 5.73 Å². The minimum Gasteiger partial charge on any atom is -0.489 e. The quantitative estimate of drug-likeness (QED) is 0.455. The standard InChI is InChI=1S/C21H25N5O2/c1-14(22)26-10-9-19(13-26)28-18-7-5-15(6-8-18)12-25-21(27)17-4-2-3-16(11-17)20(23)24/h2-8,11,19,22H,9-10,12-13H2,1H3,(H3,23,24)(H,25,27). The lowest BCUT2D eigenvalue weighted by Gasteiger charge is -2.17. The number of nitrogen functional groups attached to an aromatic ring is 1. The molecule has 1 aliphatic rings. The Bertz CT molecular complexity index is 879. The molecule has 0 spiro atoms. The number of hydrogen-bond acceptors (Lipinski definition) is 4. The van der Waals surface area contributed by atoms with Crippen LogP contribution < -0.4 is 15.8 Å². The maximum Gasteiger partial charge on any atom is 0.251 e. The van der Waals surface area contributed by atoms with Crippen LogP contribution in [0.1, 0.15) is 34.8 Å². The Morgan fingerprint density at radius 2 is 1.93 bits per heavy atom. The number of likely N-dealkylation sites (tertiary alicyclic amines) is 1. The maximum atomic E-state index is 12.3. The summed E-state index contributed by atoms with van der Waals surface area (Å²) in [5, 5.41) is 18.0. The fourth-order valence-corrected chi connectivity index (χ4v) is 3.12. The van der Waals surface area contributed by atoms with Gasteiger partial charge in [0.25, 0.3) is 5.91 Å². The number of benzene rings is 2. The lowest BCUT2D eigenvalue weighted by molar-refractivity contribution is 0.0951. The van der Waals surface area contributed by atoms with Gasteiger partial charge in [0.1, 0.15) is 17.7 Å². The molecule has 3 rings (SSSR count). The lowest BCUT2D eigenvalue weighted by Crippen LogP contribution is -2.28. The summed E-state index contributed by atoms with van der Waals surface area (Å²) in [6.45, 7) is 3.79. The summed E-state index contributed by atoms with van der Waals surface area (Å²) in [6, 6.07) is 14.4. The number of carbonyl (C=O) groups is 1. The monoisotopic (exact) mass is 379 g/mol. The van der Waals surface area contributed by atoms with E-state index in [4.69, 9.17) is 21.3 Å². The number of ether oxygens (including phenoxy) is 1.